The summed E-state index contributed by atoms with van der Waals surface area (Å²) in [5.74, 6) is -1.76. The number of rotatable bonds is 9. The second kappa shape index (κ2) is 11.8. The number of carboxylic acids is 1. The number of nitrogens with zero attached hydrogens (tertiary/aromatic N) is 1. The number of carbonyl (C=O) groups excluding carboxylic acids is 3. The number of nitrogens with one attached hydrogen (secondary N) is 2. The molecule has 3 amide bonds. The van der Waals surface area contributed by atoms with Crippen LogP contribution >= 0.6 is 11.6 Å². The summed E-state index contributed by atoms with van der Waals surface area (Å²) in [6.45, 7) is 1.30. The lowest BCUT2D eigenvalue weighted by molar-refractivity contribution is -0.306. The summed E-state index contributed by atoms with van der Waals surface area (Å²) in [6, 6.07) is 25.3. The van der Waals surface area contributed by atoms with E-state index >= 15 is 0 Å². The fourth-order valence-electron chi connectivity index (χ4n) is 4.72. The fraction of sp³-hybridized carbons (Fsp3) is 0.207. The molecule has 2 N–H and O–H groups in total. The van der Waals surface area contributed by atoms with Gasteiger partial charge in [0.1, 0.15) is 0 Å². The lowest BCUT2D eigenvalue weighted by Crippen LogP contribution is -2.53. The summed E-state index contributed by atoms with van der Waals surface area (Å²) >= 11 is 6.19. The first-order valence-electron chi connectivity index (χ1n) is 12.0. The van der Waals surface area contributed by atoms with Crippen molar-refractivity contribution in [3.8, 4) is 0 Å². The van der Waals surface area contributed by atoms with Gasteiger partial charge in [0.25, 0.3) is 5.91 Å². The van der Waals surface area contributed by atoms with E-state index < -0.39 is 30.5 Å². The van der Waals surface area contributed by atoms with Crippen LogP contribution in [0.5, 0.6) is 0 Å². The van der Waals surface area contributed by atoms with Crippen molar-refractivity contribution in [3.63, 3.8) is 0 Å². The average molecular weight is 517 g/mol. The van der Waals surface area contributed by atoms with Gasteiger partial charge in [-0.1, -0.05) is 84.4 Å². The molecule has 190 valence electrons. The highest BCUT2D eigenvalue weighted by Gasteiger charge is 2.37. The number of allylic oxidation sites excluding steroid dienone is 1. The number of aliphatic carboxylic acids is 1. The first-order chi connectivity index (χ1) is 17.8. The van der Waals surface area contributed by atoms with Crippen molar-refractivity contribution in [1.29, 1.82) is 0 Å². The Morgan fingerprint density at radius 3 is 2.19 bits per heavy atom. The zero-order chi connectivity index (χ0) is 26.4. The summed E-state index contributed by atoms with van der Waals surface area (Å²) in [6.07, 6.45) is 0.642. The molecule has 1 atom stereocenters. The number of hydrogen-bond acceptors (Lipinski definition) is 4. The predicted molar refractivity (Wildman–Crippen MR) is 139 cm³/mol. The topological polar surface area (TPSA) is 102 Å². The van der Waals surface area contributed by atoms with Crippen LogP contribution in [0.15, 0.2) is 96.2 Å². The molecular formula is C29H27ClN3O4-. The van der Waals surface area contributed by atoms with Crippen molar-refractivity contribution in [2.24, 2.45) is 0 Å². The maximum Gasteiger partial charge on any atom is 0.322 e. The highest BCUT2D eigenvalue weighted by Crippen LogP contribution is 2.35. The van der Waals surface area contributed by atoms with Crippen LogP contribution in [-0.4, -0.2) is 35.9 Å². The third kappa shape index (κ3) is 6.19. The van der Waals surface area contributed by atoms with E-state index in [4.69, 9.17) is 11.6 Å². The molecule has 3 aromatic rings. The largest absolute Gasteiger partial charge is 0.548 e. The molecule has 0 saturated carbocycles. The number of benzene rings is 3. The number of amides is 3. The van der Waals surface area contributed by atoms with Crippen LogP contribution in [0.2, 0.25) is 5.02 Å². The Morgan fingerprint density at radius 2 is 1.62 bits per heavy atom. The van der Waals surface area contributed by atoms with Crippen LogP contribution in [-0.2, 0) is 9.59 Å². The van der Waals surface area contributed by atoms with Gasteiger partial charge in [-0.2, -0.15) is 0 Å². The van der Waals surface area contributed by atoms with Crippen molar-refractivity contribution in [2.45, 2.75) is 25.3 Å². The quantitative estimate of drug-likeness (QED) is 0.452. The van der Waals surface area contributed by atoms with Gasteiger partial charge in [0.2, 0.25) is 0 Å². The first-order valence-corrected chi connectivity index (χ1v) is 12.3. The Bertz CT molecular complexity index is 1270. The molecule has 0 radical (unpaired) electrons. The molecule has 0 bridgehead atoms. The molecule has 4 rings (SSSR count). The summed E-state index contributed by atoms with van der Waals surface area (Å²) < 4.78 is 0. The molecule has 3 aromatic carbocycles. The second-order valence-electron chi connectivity index (χ2n) is 8.84. The Kier molecular flexibility index (Phi) is 8.25. The summed E-state index contributed by atoms with van der Waals surface area (Å²) in [5.41, 5.74) is 3.41. The standard InChI is InChI=1S/C29H28ClN3O4/c1-19-26(27(22-13-8-14-23(30)17-22)33(18-25(34)35)29(37)32-19)28(36)31-16-15-24(20-9-4-2-5-10-20)21-11-6-3-7-12-21/h2-14,17,24,27H,15-16,18H2,1H3,(H,31,36)(H,32,37)(H,34,35)/p-1. The molecule has 0 saturated heterocycles. The van der Waals surface area contributed by atoms with Crippen molar-refractivity contribution < 1.29 is 19.5 Å². The highest BCUT2D eigenvalue weighted by atomic mass is 35.5. The number of halogens is 1. The predicted octanol–water partition coefficient (Wildman–Crippen LogP) is 3.77. The van der Waals surface area contributed by atoms with Crippen molar-refractivity contribution in [2.75, 3.05) is 13.1 Å². The van der Waals surface area contributed by atoms with Crippen LogP contribution in [0.4, 0.5) is 4.79 Å². The number of carboxylic acid groups (broad SMARTS) is 1. The van der Waals surface area contributed by atoms with Gasteiger partial charge in [-0.25, -0.2) is 4.79 Å². The monoisotopic (exact) mass is 516 g/mol. The normalized spacial score (nSPS) is 15.5. The third-order valence-corrected chi connectivity index (χ3v) is 6.61. The lowest BCUT2D eigenvalue weighted by atomic mass is 9.88. The van der Waals surface area contributed by atoms with E-state index in [1.54, 1.807) is 31.2 Å². The van der Waals surface area contributed by atoms with Gasteiger partial charge in [-0.3, -0.25) is 4.79 Å². The fourth-order valence-corrected chi connectivity index (χ4v) is 4.92. The SMILES string of the molecule is CC1=C(C(=O)NCCC(c2ccccc2)c2ccccc2)C(c2cccc(Cl)c2)N(CC(=O)[O-])C(=O)N1. The molecule has 7 nitrogen and oxygen atoms in total. The molecule has 8 heteroatoms. The second-order valence-corrected chi connectivity index (χ2v) is 9.28. The Balaban J connectivity index is 1.59. The van der Waals surface area contributed by atoms with Crippen LogP contribution in [0, 0.1) is 0 Å². The summed E-state index contributed by atoms with van der Waals surface area (Å²) in [7, 11) is 0. The van der Waals surface area contributed by atoms with Crippen LogP contribution in [0.1, 0.15) is 42.0 Å². The molecule has 0 aliphatic carbocycles. The Hall–Kier alpha value is -4.10. The van der Waals surface area contributed by atoms with Crippen LogP contribution in [0.3, 0.4) is 0 Å². The van der Waals surface area contributed by atoms with E-state index in [0.29, 0.717) is 29.2 Å². The van der Waals surface area contributed by atoms with E-state index in [1.807, 2.05) is 36.4 Å². The van der Waals surface area contributed by atoms with E-state index in [1.165, 1.54) is 0 Å². The average Bonchev–Trinajstić information content (AvgIpc) is 2.88. The highest BCUT2D eigenvalue weighted by molar-refractivity contribution is 6.30. The van der Waals surface area contributed by atoms with E-state index in [-0.39, 0.29) is 11.5 Å². The molecule has 1 unspecified atom stereocenters. The molecule has 1 aliphatic rings. The minimum absolute atomic E-state index is 0.0714. The van der Waals surface area contributed by atoms with E-state index in [0.717, 1.165) is 16.0 Å². The van der Waals surface area contributed by atoms with Crippen molar-refractivity contribution in [1.82, 2.24) is 15.5 Å². The lowest BCUT2D eigenvalue weighted by Gasteiger charge is -2.38. The molecule has 1 heterocycles. The zero-order valence-corrected chi connectivity index (χ0v) is 21.1. The van der Waals surface area contributed by atoms with Crippen molar-refractivity contribution in [3.05, 3.63) is 118 Å². The number of carbonyl (C=O) groups is 3. The maximum atomic E-state index is 13.5. The van der Waals surface area contributed by atoms with Gasteiger partial charge in [0.15, 0.2) is 0 Å². The zero-order valence-electron chi connectivity index (χ0n) is 20.3. The molecular weight excluding hydrogens is 490 g/mol. The Morgan fingerprint density at radius 1 is 1.00 bits per heavy atom. The summed E-state index contributed by atoms with van der Waals surface area (Å²) in [5, 5.41) is 17.5. The minimum Gasteiger partial charge on any atom is -0.548 e. The molecule has 1 aliphatic heterocycles. The number of hydrogen-bond donors (Lipinski definition) is 2. The summed E-state index contributed by atoms with van der Waals surface area (Å²) in [4.78, 5) is 38.8. The maximum absolute atomic E-state index is 13.5. The number of urea groups is 1. The smallest absolute Gasteiger partial charge is 0.322 e. The van der Waals surface area contributed by atoms with Crippen LogP contribution < -0.4 is 15.7 Å². The first kappa shape index (κ1) is 26.0. The third-order valence-electron chi connectivity index (χ3n) is 6.38. The van der Waals surface area contributed by atoms with E-state index in [9.17, 15) is 19.5 Å². The van der Waals surface area contributed by atoms with Gasteiger partial charge in [0, 0.05) is 23.2 Å². The molecule has 0 fully saturated rings. The van der Waals surface area contributed by atoms with Gasteiger partial charge >= 0.3 is 6.03 Å². The van der Waals surface area contributed by atoms with Crippen LogP contribution in [0.25, 0.3) is 0 Å². The van der Waals surface area contributed by atoms with Gasteiger partial charge in [0.05, 0.1) is 24.1 Å². The molecule has 0 aromatic heterocycles. The molecule has 0 spiro atoms. The van der Waals surface area contributed by atoms with Gasteiger partial charge < -0.3 is 25.4 Å². The van der Waals surface area contributed by atoms with Gasteiger partial charge in [-0.15, -0.1) is 0 Å². The Labute approximate surface area is 220 Å². The molecule has 37 heavy (non-hydrogen) atoms. The van der Waals surface area contributed by atoms with Gasteiger partial charge in [-0.05, 0) is 42.2 Å². The van der Waals surface area contributed by atoms with Crippen molar-refractivity contribution >= 4 is 29.5 Å². The minimum atomic E-state index is -1.44. The van der Waals surface area contributed by atoms with E-state index in [2.05, 4.69) is 34.9 Å².